The van der Waals surface area contributed by atoms with Gasteiger partial charge in [0, 0.05) is 35.4 Å². The predicted octanol–water partition coefficient (Wildman–Crippen LogP) is 4.37. The van der Waals surface area contributed by atoms with Crippen LogP contribution in [-0.2, 0) is 12.0 Å². The Bertz CT molecular complexity index is 1280. The van der Waals surface area contributed by atoms with Crippen LogP contribution in [0, 0.1) is 11.6 Å². The smallest absolute Gasteiger partial charge is 0.251 e. The molecule has 0 bridgehead atoms. The molecule has 2 aliphatic rings. The van der Waals surface area contributed by atoms with Gasteiger partial charge in [0.25, 0.3) is 11.8 Å². The molecule has 3 N–H and O–H groups in total. The molecule has 9 heteroatoms. The molecular formula is C25H22ClF2N3O3. The number of fused-ring (bicyclic) bond motifs is 1. The second kappa shape index (κ2) is 8.52. The molecule has 34 heavy (non-hydrogen) atoms. The van der Waals surface area contributed by atoms with Crippen molar-refractivity contribution in [2.45, 2.75) is 30.9 Å². The first-order valence-corrected chi connectivity index (χ1v) is 11.3. The summed E-state index contributed by atoms with van der Waals surface area (Å²) >= 11 is 6.43. The molecule has 1 saturated heterocycles. The van der Waals surface area contributed by atoms with E-state index in [2.05, 4.69) is 10.3 Å². The number of carbonyl (C=O) groups is 1. The molecule has 2 atom stereocenters. The lowest BCUT2D eigenvalue weighted by molar-refractivity contribution is 0.0539. The molecule has 6 nitrogen and oxygen atoms in total. The van der Waals surface area contributed by atoms with Crippen LogP contribution in [0.3, 0.4) is 0 Å². The van der Waals surface area contributed by atoms with Gasteiger partial charge in [-0.1, -0.05) is 41.9 Å². The highest BCUT2D eigenvalue weighted by atomic mass is 35.5. The summed E-state index contributed by atoms with van der Waals surface area (Å²) in [5.41, 5.74) is 5.56. The third-order valence-electron chi connectivity index (χ3n) is 6.60. The number of methoxy groups -OCH3 is 1. The number of carbonyl (C=O) groups excluding carboxylic acids is 1. The lowest BCUT2D eigenvalue weighted by Gasteiger charge is -2.35. The van der Waals surface area contributed by atoms with Crippen LogP contribution in [0.15, 0.2) is 42.6 Å². The van der Waals surface area contributed by atoms with Gasteiger partial charge in [0.15, 0.2) is 11.4 Å². The van der Waals surface area contributed by atoms with Crippen molar-refractivity contribution in [3.63, 3.8) is 0 Å². The first-order valence-electron chi connectivity index (χ1n) is 10.9. The molecule has 0 aliphatic carbocycles. The Morgan fingerprint density at radius 3 is 2.71 bits per heavy atom. The minimum atomic E-state index is -0.954. The number of nitrogens with two attached hydrogens (primary N) is 1. The second-order valence-corrected chi connectivity index (χ2v) is 8.82. The zero-order valence-corrected chi connectivity index (χ0v) is 19.1. The van der Waals surface area contributed by atoms with Crippen molar-refractivity contribution in [2.75, 3.05) is 13.7 Å². The van der Waals surface area contributed by atoms with E-state index in [9.17, 15) is 4.79 Å². The third-order valence-corrected chi connectivity index (χ3v) is 6.97. The van der Waals surface area contributed by atoms with Gasteiger partial charge in [0.1, 0.15) is 11.6 Å². The van der Waals surface area contributed by atoms with E-state index in [1.54, 1.807) is 0 Å². The zero-order chi connectivity index (χ0) is 24.0. The van der Waals surface area contributed by atoms with Gasteiger partial charge in [-0.05, 0) is 24.9 Å². The highest BCUT2D eigenvalue weighted by Crippen LogP contribution is 2.52. The van der Waals surface area contributed by atoms with Gasteiger partial charge < -0.3 is 20.5 Å². The third kappa shape index (κ3) is 3.40. The van der Waals surface area contributed by atoms with E-state index >= 15 is 8.78 Å². The van der Waals surface area contributed by atoms with Crippen LogP contribution >= 0.6 is 11.6 Å². The summed E-state index contributed by atoms with van der Waals surface area (Å²) in [6.07, 6.45) is 3.19. The number of aromatic nitrogens is 1. The summed E-state index contributed by atoms with van der Waals surface area (Å²) in [6.45, 7) is 0.822. The number of benzene rings is 2. The Labute approximate surface area is 200 Å². The average molecular weight is 486 g/mol. The number of hydrogen-bond donors (Lipinski definition) is 2. The molecule has 1 fully saturated rings. The van der Waals surface area contributed by atoms with Crippen molar-refractivity contribution < 1.29 is 23.0 Å². The molecule has 0 spiro atoms. The van der Waals surface area contributed by atoms with E-state index in [-0.39, 0.29) is 45.8 Å². The molecule has 1 aromatic heterocycles. The maximum Gasteiger partial charge on any atom is 0.251 e. The Morgan fingerprint density at radius 2 is 2.06 bits per heavy atom. The topological polar surface area (TPSA) is 86.5 Å². The lowest BCUT2D eigenvalue weighted by atomic mass is 9.80. The summed E-state index contributed by atoms with van der Waals surface area (Å²) < 4.78 is 42.2. The first kappa shape index (κ1) is 22.6. The summed E-state index contributed by atoms with van der Waals surface area (Å²) in [5, 5.41) is 3.16. The van der Waals surface area contributed by atoms with Crippen LogP contribution < -0.4 is 20.5 Å². The van der Waals surface area contributed by atoms with E-state index < -0.39 is 23.1 Å². The number of ether oxygens (including phenoxy) is 2. The van der Waals surface area contributed by atoms with Crippen LogP contribution in [0.2, 0.25) is 5.02 Å². The van der Waals surface area contributed by atoms with E-state index in [1.165, 1.54) is 13.2 Å². The molecule has 2 aliphatic heterocycles. The highest BCUT2D eigenvalue weighted by molar-refractivity contribution is 6.34. The summed E-state index contributed by atoms with van der Waals surface area (Å²) in [7, 11) is 1.24. The van der Waals surface area contributed by atoms with Crippen LogP contribution in [0.5, 0.6) is 11.6 Å². The maximum absolute atomic E-state index is 15.5. The number of halogens is 3. The minimum absolute atomic E-state index is 0.0134. The first-order chi connectivity index (χ1) is 16.4. The summed E-state index contributed by atoms with van der Waals surface area (Å²) in [5.74, 6) is -2.81. The fraction of sp³-hybridized carbons (Fsp3) is 0.280. The van der Waals surface area contributed by atoms with Gasteiger partial charge >= 0.3 is 0 Å². The fourth-order valence-corrected chi connectivity index (χ4v) is 5.33. The average Bonchev–Trinajstić information content (AvgIpc) is 3.50. The van der Waals surface area contributed by atoms with Crippen LogP contribution in [0.4, 0.5) is 8.78 Å². The van der Waals surface area contributed by atoms with Gasteiger partial charge in [0.05, 0.1) is 23.7 Å². The second-order valence-electron chi connectivity index (χ2n) is 8.44. The quantitative estimate of drug-likeness (QED) is 0.560. The molecule has 5 rings (SSSR count). The van der Waals surface area contributed by atoms with Crippen LogP contribution in [0.25, 0.3) is 11.1 Å². The molecule has 0 saturated carbocycles. The van der Waals surface area contributed by atoms with Crippen LogP contribution in [-0.4, -0.2) is 30.6 Å². The van der Waals surface area contributed by atoms with Gasteiger partial charge in [-0.2, -0.15) is 0 Å². The van der Waals surface area contributed by atoms with Crippen molar-refractivity contribution >= 4 is 17.5 Å². The number of rotatable bonds is 5. The Morgan fingerprint density at radius 1 is 1.29 bits per heavy atom. The van der Waals surface area contributed by atoms with Crippen molar-refractivity contribution in [2.24, 2.45) is 5.73 Å². The van der Waals surface area contributed by atoms with E-state index in [1.807, 2.05) is 30.3 Å². The van der Waals surface area contributed by atoms with E-state index in [0.717, 1.165) is 31.1 Å². The van der Waals surface area contributed by atoms with Crippen molar-refractivity contribution in [1.29, 1.82) is 0 Å². The standard InChI is InChI=1S/C25H22ClF2N3O3/c1-33-24-22(28)20(15(12-31-24)23(29)32)19-14-11-25(18-8-5-9-30-18,13-6-3-2-4-7-13)34-17(14)10-16(27)21(19)26/h2-4,6-7,10,12,18,30H,5,8-9,11H2,1H3,(H2,29,32)/t18-,25-/m0/s1. The summed E-state index contributed by atoms with van der Waals surface area (Å²) in [4.78, 5) is 16.0. The molecular weight excluding hydrogens is 464 g/mol. The predicted molar refractivity (Wildman–Crippen MR) is 123 cm³/mol. The minimum Gasteiger partial charge on any atom is -0.480 e. The maximum atomic E-state index is 15.5. The van der Waals surface area contributed by atoms with Gasteiger partial charge in [0.2, 0.25) is 0 Å². The highest BCUT2D eigenvalue weighted by Gasteiger charge is 2.50. The summed E-state index contributed by atoms with van der Waals surface area (Å²) in [6, 6.07) is 10.8. The SMILES string of the molecule is COc1ncc(C(N)=O)c(-c2c(Cl)c(F)cc3c2C[C@](c2ccccc2)([C@@H]2CCCN2)O3)c1F. The largest absolute Gasteiger partial charge is 0.480 e. The molecule has 0 radical (unpaired) electrons. The number of hydrogen-bond acceptors (Lipinski definition) is 5. The van der Waals surface area contributed by atoms with Crippen LogP contribution in [0.1, 0.15) is 34.3 Å². The Hall–Kier alpha value is -3.23. The van der Waals surface area contributed by atoms with Gasteiger partial charge in [-0.15, -0.1) is 0 Å². The van der Waals surface area contributed by atoms with Crippen molar-refractivity contribution in [3.8, 4) is 22.8 Å². The Kier molecular flexibility index (Phi) is 5.65. The van der Waals surface area contributed by atoms with Gasteiger partial charge in [-0.25, -0.2) is 13.8 Å². The normalized spacial score (nSPS) is 21.2. The monoisotopic (exact) mass is 485 g/mol. The lowest BCUT2D eigenvalue weighted by Crippen LogP contribution is -2.48. The Balaban J connectivity index is 1.77. The molecule has 1 amide bonds. The molecule has 2 aromatic carbocycles. The molecule has 0 unspecified atom stereocenters. The number of primary amides is 1. The molecule has 176 valence electrons. The van der Waals surface area contributed by atoms with Crippen molar-refractivity contribution in [1.82, 2.24) is 10.3 Å². The molecule has 3 aromatic rings. The number of nitrogens with zero attached hydrogens (tertiary/aromatic N) is 1. The molecule has 3 heterocycles. The van der Waals surface area contributed by atoms with E-state index in [0.29, 0.717) is 5.56 Å². The van der Waals surface area contributed by atoms with Gasteiger partial charge in [-0.3, -0.25) is 4.79 Å². The van der Waals surface area contributed by atoms with Crippen molar-refractivity contribution in [3.05, 3.63) is 75.9 Å². The number of nitrogens with one attached hydrogen (secondary N) is 1. The number of pyridine rings is 1. The van der Waals surface area contributed by atoms with E-state index in [4.69, 9.17) is 26.8 Å². The number of amides is 1. The zero-order valence-electron chi connectivity index (χ0n) is 18.3. The fourth-order valence-electron chi connectivity index (χ4n) is 5.07.